The van der Waals surface area contributed by atoms with Gasteiger partial charge in [-0.15, -0.1) is 0 Å². The predicted octanol–water partition coefficient (Wildman–Crippen LogP) is 4.74. The van der Waals surface area contributed by atoms with Gasteiger partial charge in [0.05, 0.1) is 5.71 Å². The fourth-order valence-electron chi connectivity index (χ4n) is 2.80. The van der Waals surface area contributed by atoms with Gasteiger partial charge in [-0.05, 0) is 18.1 Å². The molecular formula is C20H20N2. The Balaban J connectivity index is 1.85. The molecule has 0 radical (unpaired) electrons. The first-order chi connectivity index (χ1) is 10.8. The summed E-state index contributed by atoms with van der Waals surface area (Å²) in [6.45, 7) is 0. The zero-order chi connectivity index (χ0) is 15.4. The quantitative estimate of drug-likeness (QED) is 0.783. The summed E-state index contributed by atoms with van der Waals surface area (Å²) in [7, 11) is 1.89. The molecule has 0 heterocycles. The molecule has 110 valence electrons. The van der Waals surface area contributed by atoms with Crippen molar-refractivity contribution in [2.24, 2.45) is 0 Å². The van der Waals surface area contributed by atoms with Gasteiger partial charge in [-0.2, -0.15) is 0 Å². The number of benzene rings is 2. The highest BCUT2D eigenvalue weighted by Gasteiger charge is 2.11. The lowest BCUT2D eigenvalue weighted by atomic mass is 9.91. The number of anilines is 1. The van der Waals surface area contributed by atoms with Crippen molar-refractivity contribution in [3.63, 3.8) is 0 Å². The average molecular weight is 288 g/mol. The maximum atomic E-state index is 8.46. The van der Waals surface area contributed by atoms with Gasteiger partial charge in [-0.3, -0.25) is 5.41 Å². The van der Waals surface area contributed by atoms with E-state index in [0.717, 1.165) is 23.2 Å². The number of allylic oxidation sites excluding steroid dienone is 4. The van der Waals surface area contributed by atoms with E-state index >= 15 is 0 Å². The van der Waals surface area contributed by atoms with Crippen molar-refractivity contribution in [1.82, 2.24) is 0 Å². The third kappa shape index (κ3) is 2.86. The summed E-state index contributed by atoms with van der Waals surface area (Å²) in [4.78, 5) is 0. The van der Waals surface area contributed by atoms with Gasteiger partial charge in [0.15, 0.2) is 0 Å². The van der Waals surface area contributed by atoms with Crippen molar-refractivity contribution < 1.29 is 0 Å². The number of para-hydroxylation sites is 1. The highest BCUT2D eigenvalue weighted by molar-refractivity contribution is 6.14. The smallest absolute Gasteiger partial charge is 0.0705 e. The van der Waals surface area contributed by atoms with Crippen LogP contribution in [0.25, 0.3) is 0 Å². The average Bonchev–Trinajstić information content (AvgIpc) is 2.62. The molecule has 0 bridgehead atoms. The van der Waals surface area contributed by atoms with Crippen LogP contribution in [-0.2, 0) is 0 Å². The Morgan fingerprint density at radius 1 is 1.05 bits per heavy atom. The van der Waals surface area contributed by atoms with Gasteiger partial charge in [0.1, 0.15) is 0 Å². The second-order valence-corrected chi connectivity index (χ2v) is 5.45. The molecule has 1 unspecified atom stereocenters. The summed E-state index contributed by atoms with van der Waals surface area (Å²) >= 11 is 0. The van der Waals surface area contributed by atoms with Crippen molar-refractivity contribution in [3.8, 4) is 0 Å². The van der Waals surface area contributed by atoms with Gasteiger partial charge in [0, 0.05) is 29.8 Å². The normalized spacial score (nSPS) is 16.5. The molecular weight excluding hydrogens is 268 g/mol. The lowest BCUT2D eigenvalue weighted by Gasteiger charge is -2.15. The third-order valence-corrected chi connectivity index (χ3v) is 4.07. The summed E-state index contributed by atoms with van der Waals surface area (Å²) in [5.74, 6) is 0.456. The van der Waals surface area contributed by atoms with Crippen LogP contribution in [-0.4, -0.2) is 12.8 Å². The molecule has 22 heavy (non-hydrogen) atoms. The number of hydrogen-bond acceptors (Lipinski definition) is 2. The lowest BCUT2D eigenvalue weighted by Crippen LogP contribution is -2.06. The van der Waals surface area contributed by atoms with Crippen molar-refractivity contribution in [1.29, 1.82) is 5.41 Å². The molecule has 0 aromatic heterocycles. The van der Waals surface area contributed by atoms with Crippen LogP contribution >= 0.6 is 0 Å². The second-order valence-electron chi connectivity index (χ2n) is 5.45. The van der Waals surface area contributed by atoms with Gasteiger partial charge < -0.3 is 5.32 Å². The van der Waals surface area contributed by atoms with Crippen LogP contribution in [0.2, 0.25) is 0 Å². The fourth-order valence-corrected chi connectivity index (χ4v) is 2.80. The zero-order valence-corrected chi connectivity index (χ0v) is 12.7. The summed E-state index contributed by atoms with van der Waals surface area (Å²) < 4.78 is 0. The van der Waals surface area contributed by atoms with E-state index in [1.54, 1.807) is 0 Å². The van der Waals surface area contributed by atoms with Crippen molar-refractivity contribution in [3.05, 3.63) is 89.5 Å². The van der Waals surface area contributed by atoms with E-state index in [1.165, 1.54) is 5.56 Å². The number of rotatable bonds is 4. The molecule has 0 spiro atoms. The molecule has 2 nitrogen and oxygen atoms in total. The molecule has 0 fully saturated rings. The highest BCUT2D eigenvalue weighted by atomic mass is 14.8. The molecule has 0 saturated heterocycles. The summed E-state index contributed by atoms with van der Waals surface area (Å²) in [5, 5.41) is 11.6. The van der Waals surface area contributed by atoms with E-state index in [1.807, 2.05) is 31.3 Å². The Morgan fingerprint density at radius 3 is 2.50 bits per heavy atom. The Labute approximate surface area is 131 Å². The molecule has 1 aliphatic rings. The minimum absolute atomic E-state index is 0.456. The molecule has 2 aromatic carbocycles. The maximum Gasteiger partial charge on any atom is 0.0705 e. The molecule has 0 amide bonds. The topological polar surface area (TPSA) is 35.9 Å². The van der Waals surface area contributed by atoms with Gasteiger partial charge in [0.2, 0.25) is 0 Å². The van der Waals surface area contributed by atoms with Crippen LogP contribution in [0.5, 0.6) is 0 Å². The van der Waals surface area contributed by atoms with Crippen LogP contribution < -0.4 is 5.32 Å². The van der Waals surface area contributed by atoms with E-state index in [2.05, 4.69) is 53.9 Å². The minimum atomic E-state index is 0.456. The van der Waals surface area contributed by atoms with Gasteiger partial charge >= 0.3 is 0 Å². The summed E-state index contributed by atoms with van der Waals surface area (Å²) in [6, 6.07) is 16.3. The second kappa shape index (κ2) is 6.44. The number of hydrogen-bond donors (Lipinski definition) is 2. The van der Waals surface area contributed by atoms with Gasteiger partial charge in [-0.1, -0.05) is 66.8 Å². The summed E-state index contributed by atoms with van der Waals surface area (Å²) in [6.07, 6.45) is 9.68. The first-order valence-electron chi connectivity index (χ1n) is 7.59. The highest BCUT2D eigenvalue weighted by Crippen LogP contribution is 2.26. The Kier molecular flexibility index (Phi) is 4.19. The standard InChI is InChI=1S/C20H20N2/c1-22-19-10-6-5-9-18(19)20(21)17-13-11-16(12-14-17)15-7-3-2-4-8-15/h2-7,9-15,21-22H,8H2,1H3. The van der Waals surface area contributed by atoms with Crippen molar-refractivity contribution in [2.45, 2.75) is 12.3 Å². The minimum Gasteiger partial charge on any atom is -0.388 e. The monoisotopic (exact) mass is 288 g/mol. The Morgan fingerprint density at radius 2 is 1.82 bits per heavy atom. The summed E-state index contributed by atoms with van der Waals surface area (Å²) in [5.41, 5.74) is 4.71. The SMILES string of the molecule is CNc1ccccc1C(=N)c1ccc(C2C=CC=CC2)cc1. The molecule has 2 aromatic rings. The van der Waals surface area contributed by atoms with Crippen LogP contribution in [0.4, 0.5) is 5.69 Å². The first-order valence-corrected chi connectivity index (χ1v) is 7.59. The van der Waals surface area contributed by atoms with Crippen LogP contribution in [0.15, 0.2) is 72.8 Å². The molecule has 2 heteroatoms. The van der Waals surface area contributed by atoms with E-state index in [0.29, 0.717) is 11.6 Å². The predicted molar refractivity (Wildman–Crippen MR) is 94.0 cm³/mol. The van der Waals surface area contributed by atoms with Gasteiger partial charge in [-0.25, -0.2) is 0 Å². The van der Waals surface area contributed by atoms with Gasteiger partial charge in [0.25, 0.3) is 0 Å². The van der Waals surface area contributed by atoms with Crippen molar-refractivity contribution in [2.75, 3.05) is 12.4 Å². The van der Waals surface area contributed by atoms with E-state index < -0.39 is 0 Å². The molecule has 1 aliphatic carbocycles. The van der Waals surface area contributed by atoms with E-state index in [-0.39, 0.29) is 0 Å². The third-order valence-electron chi connectivity index (χ3n) is 4.07. The largest absolute Gasteiger partial charge is 0.388 e. The number of nitrogens with one attached hydrogen (secondary N) is 2. The zero-order valence-electron chi connectivity index (χ0n) is 12.7. The molecule has 2 N–H and O–H groups in total. The van der Waals surface area contributed by atoms with E-state index in [4.69, 9.17) is 5.41 Å². The first kappa shape index (κ1) is 14.3. The van der Waals surface area contributed by atoms with Crippen LogP contribution in [0.1, 0.15) is 29.0 Å². The maximum absolute atomic E-state index is 8.46. The van der Waals surface area contributed by atoms with Crippen molar-refractivity contribution >= 4 is 11.4 Å². The molecule has 1 atom stereocenters. The van der Waals surface area contributed by atoms with Crippen LogP contribution in [0.3, 0.4) is 0 Å². The molecule has 3 rings (SSSR count). The van der Waals surface area contributed by atoms with E-state index in [9.17, 15) is 0 Å². The Bertz CT molecular complexity index is 724. The molecule has 0 saturated carbocycles. The lowest BCUT2D eigenvalue weighted by molar-refractivity contribution is 0.854. The molecule has 0 aliphatic heterocycles. The Hall–Kier alpha value is -2.61. The fraction of sp³-hybridized carbons (Fsp3) is 0.150. The van der Waals surface area contributed by atoms with Crippen LogP contribution in [0, 0.1) is 5.41 Å².